The second-order valence-electron chi connectivity index (χ2n) is 3.60. The highest BCUT2D eigenvalue weighted by molar-refractivity contribution is 8.42. The Kier molecular flexibility index (Phi) is 4.31. The fourth-order valence-corrected chi connectivity index (χ4v) is 3.85. The first kappa shape index (κ1) is 11.9. The smallest absolute Gasteiger partial charge is 0.125 e. The lowest BCUT2D eigenvalue weighted by molar-refractivity contribution is 0.320. The summed E-state index contributed by atoms with van der Waals surface area (Å²) in [6, 6.07) is 0.387. The molecule has 1 aliphatic rings. The highest BCUT2D eigenvalue weighted by Crippen LogP contribution is 2.41. The SMILES string of the molecule is CC[C@@H](C)N=C1SC[C@](C)(/C=N\O)S1. The molecule has 5 heteroatoms. The van der Waals surface area contributed by atoms with E-state index in [1.54, 1.807) is 29.7 Å². The lowest BCUT2D eigenvalue weighted by atomic mass is 10.2. The molecule has 0 aromatic rings. The van der Waals surface area contributed by atoms with Crippen molar-refractivity contribution in [3.8, 4) is 0 Å². The first-order chi connectivity index (χ1) is 6.59. The summed E-state index contributed by atoms with van der Waals surface area (Å²) in [6.45, 7) is 6.31. The van der Waals surface area contributed by atoms with Crippen LogP contribution in [0.15, 0.2) is 10.1 Å². The van der Waals surface area contributed by atoms with Gasteiger partial charge in [-0.1, -0.05) is 30.4 Å². The fraction of sp³-hybridized carbons (Fsp3) is 0.778. The zero-order valence-corrected chi connectivity index (χ0v) is 10.4. The normalized spacial score (nSPS) is 32.9. The van der Waals surface area contributed by atoms with Crippen LogP contribution in [0.5, 0.6) is 0 Å². The van der Waals surface area contributed by atoms with E-state index in [1.165, 1.54) is 0 Å². The van der Waals surface area contributed by atoms with E-state index in [-0.39, 0.29) is 4.75 Å². The Morgan fingerprint density at radius 3 is 3.00 bits per heavy atom. The summed E-state index contributed by atoms with van der Waals surface area (Å²) in [5.74, 6) is 0.928. The van der Waals surface area contributed by atoms with Crippen LogP contribution in [-0.2, 0) is 0 Å². The van der Waals surface area contributed by atoms with Gasteiger partial charge in [0, 0.05) is 11.8 Å². The summed E-state index contributed by atoms with van der Waals surface area (Å²) in [7, 11) is 0. The van der Waals surface area contributed by atoms with Gasteiger partial charge in [-0.05, 0) is 20.3 Å². The predicted molar refractivity (Wildman–Crippen MR) is 65.9 cm³/mol. The largest absolute Gasteiger partial charge is 0.411 e. The Bertz CT molecular complexity index is 255. The summed E-state index contributed by atoms with van der Waals surface area (Å²) >= 11 is 3.43. The molecule has 0 amide bonds. The average Bonchev–Trinajstić information content (AvgIpc) is 2.48. The molecule has 2 atom stereocenters. The summed E-state index contributed by atoms with van der Waals surface area (Å²) in [5, 5.41) is 11.6. The maximum atomic E-state index is 8.51. The Hall–Kier alpha value is -0.160. The van der Waals surface area contributed by atoms with Crippen molar-refractivity contribution >= 4 is 34.1 Å². The average molecular weight is 232 g/mol. The second-order valence-corrected chi connectivity index (χ2v) is 6.35. The third-order valence-corrected chi connectivity index (χ3v) is 4.93. The van der Waals surface area contributed by atoms with Gasteiger partial charge in [0.15, 0.2) is 0 Å². The van der Waals surface area contributed by atoms with E-state index in [4.69, 9.17) is 5.21 Å². The Balaban J connectivity index is 2.60. The minimum Gasteiger partial charge on any atom is -0.411 e. The maximum absolute atomic E-state index is 8.51. The van der Waals surface area contributed by atoms with E-state index >= 15 is 0 Å². The van der Waals surface area contributed by atoms with Crippen LogP contribution >= 0.6 is 23.5 Å². The van der Waals surface area contributed by atoms with Crippen LogP contribution in [0.1, 0.15) is 27.2 Å². The molecule has 80 valence electrons. The van der Waals surface area contributed by atoms with E-state index in [1.807, 2.05) is 0 Å². The molecule has 0 aliphatic carbocycles. The molecule has 1 aliphatic heterocycles. The first-order valence-corrected chi connectivity index (χ1v) is 6.48. The zero-order valence-electron chi connectivity index (χ0n) is 8.73. The summed E-state index contributed by atoms with van der Waals surface area (Å²) in [5.41, 5.74) is 0. The number of aliphatic imine (C=N–C) groups is 1. The molecule has 1 fully saturated rings. The molecule has 14 heavy (non-hydrogen) atoms. The van der Waals surface area contributed by atoms with Crippen LogP contribution < -0.4 is 0 Å². The third-order valence-electron chi connectivity index (χ3n) is 2.05. The van der Waals surface area contributed by atoms with Crippen LogP contribution in [-0.4, -0.2) is 32.3 Å². The third kappa shape index (κ3) is 3.20. The molecule has 1 saturated heterocycles. The van der Waals surface area contributed by atoms with E-state index in [0.29, 0.717) is 6.04 Å². The van der Waals surface area contributed by atoms with Crippen LogP contribution in [0.4, 0.5) is 0 Å². The first-order valence-electron chi connectivity index (χ1n) is 4.68. The number of nitrogens with zero attached hydrogens (tertiary/aromatic N) is 2. The number of rotatable bonds is 3. The number of oxime groups is 1. The molecular formula is C9H16N2OS2. The van der Waals surface area contributed by atoms with E-state index < -0.39 is 0 Å². The summed E-state index contributed by atoms with van der Waals surface area (Å²) < 4.78 is 1.02. The second kappa shape index (κ2) is 5.07. The van der Waals surface area contributed by atoms with Crippen molar-refractivity contribution in [1.29, 1.82) is 0 Å². The molecular weight excluding hydrogens is 216 g/mol. The van der Waals surface area contributed by atoms with Crippen molar-refractivity contribution in [3.05, 3.63) is 0 Å². The number of hydrogen-bond donors (Lipinski definition) is 1. The molecule has 0 unspecified atom stereocenters. The molecule has 0 spiro atoms. The standard InChI is InChI=1S/C9H16N2OS2/c1-4-7(2)11-8-13-6-9(3,14-8)5-10-12/h5,7,12H,4,6H2,1-3H3/b10-5-,11-8?/t7-,9+/m1/s1. The van der Waals surface area contributed by atoms with Crippen LogP contribution in [0.3, 0.4) is 0 Å². The van der Waals surface area contributed by atoms with Gasteiger partial charge in [0.2, 0.25) is 0 Å². The van der Waals surface area contributed by atoms with Crippen molar-refractivity contribution in [2.24, 2.45) is 10.1 Å². The van der Waals surface area contributed by atoms with Crippen LogP contribution in [0, 0.1) is 0 Å². The van der Waals surface area contributed by atoms with Crippen molar-refractivity contribution in [3.63, 3.8) is 0 Å². The van der Waals surface area contributed by atoms with Gasteiger partial charge in [0.1, 0.15) is 4.38 Å². The Morgan fingerprint density at radius 1 is 1.71 bits per heavy atom. The lowest BCUT2D eigenvalue weighted by Gasteiger charge is -2.12. The molecule has 0 aromatic carbocycles. The quantitative estimate of drug-likeness (QED) is 0.462. The highest BCUT2D eigenvalue weighted by Gasteiger charge is 2.33. The van der Waals surface area contributed by atoms with Gasteiger partial charge in [-0.2, -0.15) is 0 Å². The Labute approximate surface area is 93.4 Å². The molecule has 0 aromatic heterocycles. The van der Waals surface area contributed by atoms with Crippen molar-refractivity contribution < 1.29 is 5.21 Å². The van der Waals surface area contributed by atoms with Gasteiger partial charge in [0.25, 0.3) is 0 Å². The number of thioether (sulfide) groups is 2. The minimum atomic E-state index is -0.0916. The van der Waals surface area contributed by atoms with Crippen molar-refractivity contribution in [1.82, 2.24) is 0 Å². The lowest BCUT2D eigenvalue weighted by Crippen LogP contribution is -2.21. The highest BCUT2D eigenvalue weighted by atomic mass is 32.2. The van der Waals surface area contributed by atoms with Crippen molar-refractivity contribution in [2.75, 3.05) is 5.75 Å². The Morgan fingerprint density at radius 2 is 2.43 bits per heavy atom. The number of hydrogen-bond acceptors (Lipinski definition) is 5. The molecule has 1 heterocycles. The summed E-state index contributed by atoms with van der Waals surface area (Å²) in [4.78, 5) is 4.57. The van der Waals surface area contributed by atoms with Gasteiger partial charge >= 0.3 is 0 Å². The maximum Gasteiger partial charge on any atom is 0.125 e. The van der Waals surface area contributed by atoms with Crippen LogP contribution in [0.25, 0.3) is 0 Å². The predicted octanol–water partition coefficient (Wildman–Crippen LogP) is 2.84. The van der Waals surface area contributed by atoms with Gasteiger partial charge in [-0.15, -0.1) is 5.16 Å². The monoisotopic (exact) mass is 232 g/mol. The van der Waals surface area contributed by atoms with Crippen molar-refractivity contribution in [2.45, 2.75) is 38.0 Å². The van der Waals surface area contributed by atoms with Gasteiger partial charge in [-0.25, -0.2) is 0 Å². The minimum absolute atomic E-state index is 0.0916. The van der Waals surface area contributed by atoms with Gasteiger partial charge in [-0.3, -0.25) is 4.99 Å². The van der Waals surface area contributed by atoms with E-state index in [9.17, 15) is 0 Å². The van der Waals surface area contributed by atoms with Gasteiger partial charge < -0.3 is 5.21 Å². The topological polar surface area (TPSA) is 45.0 Å². The molecule has 0 bridgehead atoms. The van der Waals surface area contributed by atoms with E-state index in [0.717, 1.165) is 16.5 Å². The van der Waals surface area contributed by atoms with Crippen LogP contribution in [0.2, 0.25) is 0 Å². The molecule has 0 radical (unpaired) electrons. The fourth-order valence-electron chi connectivity index (χ4n) is 0.984. The summed E-state index contributed by atoms with van der Waals surface area (Å²) in [6.07, 6.45) is 2.65. The van der Waals surface area contributed by atoms with E-state index in [2.05, 4.69) is 30.9 Å². The zero-order chi connectivity index (χ0) is 10.6. The molecule has 3 nitrogen and oxygen atoms in total. The van der Waals surface area contributed by atoms with Gasteiger partial charge in [0.05, 0.1) is 11.0 Å². The molecule has 1 rings (SSSR count). The molecule has 1 N–H and O–H groups in total. The molecule has 0 saturated carbocycles.